The van der Waals surface area contributed by atoms with Gasteiger partial charge in [-0.1, -0.05) is 30.3 Å². The summed E-state index contributed by atoms with van der Waals surface area (Å²) in [6.45, 7) is 10.2. The molecule has 5 rings (SSSR count). The lowest BCUT2D eigenvalue weighted by atomic mass is 9.78. The van der Waals surface area contributed by atoms with Crippen LogP contribution in [0.25, 0.3) is 0 Å². The molecule has 1 aliphatic heterocycles. The number of nitrogens with zero attached hydrogens (tertiary/aromatic N) is 2. The molecule has 2 aliphatic rings. The summed E-state index contributed by atoms with van der Waals surface area (Å²) >= 11 is 0. The van der Waals surface area contributed by atoms with Gasteiger partial charge in [0.1, 0.15) is 11.5 Å². The normalized spacial score (nSPS) is 18.3. The minimum absolute atomic E-state index is 0.00117. The molecule has 1 amide bonds. The first-order valence-electron chi connectivity index (χ1n) is 14.7. The highest BCUT2D eigenvalue weighted by Crippen LogP contribution is 2.49. The molecular formula is C35H41N3O4. The zero-order chi connectivity index (χ0) is 30.1. The van der Waals surface area contributed by atoms with Crippen molar-refractivity contribution < 1.29 is 19.1 Å². The Morgan fingerprint density at radius 2 is 1.62 bits per heavy atom. The van der Waals surface area contributed by atoms with Crippen molar-refractivity contribution in [2.75, 3.05) is 29.3 Å². The van der Waals surface area contributed by atoms with Crippen molar-refractivity contribution in [3.05, 3.63) is 89.1 Å². The van der Waals surface area contributed by atoms with Gasteiger partial charge in [-0.05, 0) is 75.9 Å². The van der Waals surface area contributed by atoms with E-state index < -0.39 is 6.04 Å². The maximum Gasteiger partial charge on any atom is 0.224 e. The molecule has 0 saturated heterocycles. The van der Waals surface area contributed by atoms with Crippen molar-refractivity contribution >= 4 is 28.8 Å². The van der Waals surface area contributed by atoms with Crippen LogP contribution < -0.4 is 24.6 Å². The van der Waals surface area contributed by atoms with Gasteiger partial charge >= 0.3 is 0 Å². The SMILES string of the molecule is COc1ccc(C2CC(=O)C3=C(C2)Nc2ccccc2N(C(C)=O)C3c2ccc(N(C(C)C)C(C)C)cc2OC)cc1. The number of ether oxygens (including phenoxy) is 2. The van der Waals surface area contributed by atoms with Gasteiger partial charge in [-0.3, -0.25) is 14.5 Å². The number of fused-ring (bicyclic) bond motifs is 1. The minimum atomic E-state index is -0.645. The number of Topliss-reactive ketones (excluding diaryl/α,β-unsaturated/α-hetero) is 1. The average Bonchev–Trinajstić information content (AvgIpc) is 3.11. The molecule has 0 radical (unpaired) electrons. The van der Waals surface area contributed by atoms with Gasteiger partial charge in [-0.25, -0.2) is 0 Å². The first kappa shape index (κ1) is 29.2. The molecule has 7 nitrogen and oxygen atoms in total. The Bertz CT molecular complexity index is 1500. The first-order valence-corrected chi connectivity index (χ1v) is 14.7. The Morgan fingerprint density at radius 3 is 2.24 bits per heavy atom. The van der Waals surface area contributed by atoms with Gasteiger partial charge in [-0.15, -0.1) is 0 Å². The average molecular weight is 568 g/mol. The topological polar surface area (TPSA) is 71.1 Å². The molecule has 2 atom stereocenters. The number of rotatable bonds is 7. The van der Waals surface area contributed by atoms with Crippen LogP contribution in [0.4, 0.5) is 17.1 Å². The minimum Gasteiger partial charge on any atom is -0.497 e. The third kappa shape index (κ3) is 5.36. The summed E-state index contributed by atoms with van der Waals surface area (Å²) in [6.07, 6.45) is 0.985. The van der Waals surface area contributed by atoms with E-state index in [1.165, 1.54) is 0 Å². The molecule has 1 heterocycles. The molecule has 42 heavy (non-hydrogen) atoms. The number of nitrogens with one attached hydrogen (secondary N) is 1. The van der Waals surface area contributed by atoms with E-state index in [0.717, 1.165) is 39.6 Å². The Kier molecular flexibility index (Phi) is 8.30. The fraction of sp³-hybridized carbons (Fsp3) is 0.371. The molecule has 0 aromatic heterocycles. The van der Waals surface area contributed by atoms with Gasteiger partial charge < -0.3 is 19.7 Å². The van der Waals surface area contributed by atoms with Crippen LogP contribution in [0.15, 0.2) is 78.0 Å². The number of hydrogen-bond acceptors (Lipinski definition) is 6. The largest absolute Gasteiger partial charge is 0.497 e. The van der Waals surface area contributed by atoms with Crippen LogP contribution >= 0.6 is 0 Å². The monoisotopic (exact) mass is 567 g/mol. The highest BCUT2D eigenvalue weighted by atomic mass is 16.5. The van der Waals surface area contributed by atoms with E-state index >= 15 is 0 Å². The Morgan fingerprint density at radius 1 is 0.929 bits per heavy atom. The number of hydrogen-bond donors (Lipinski definition) is 1. The van der Waals surface area contributed by atoms with Crippen molar-refractivity contribution in [2.45, 2.75) is 71.5 Å². The van der Waals surface area contributed by atoms with E-state index in [9.17, 15) is 9.59 Å². The van der Waals surface area contributed by atoms with Gasteiger partial charge in [0, 0.05) is 54.0 Å². The summed E-state index contributed by atoms with van der Waals surface area (Å²) in [5.74, 6) is 1.30. The number of carbonyl (C=O) groups excluding carboxylic acids is 2. The second-order valence-corrected chi connectivity index (χ2v) is 11.6. The molecule has 7 heteroatoms. The molecule has 2 unspecified atom stereocenters. The van der Waals surface area contributed by atoms with Gasteiger partial charge in [0.2, 0.25) is 5.91 Å². The maximum atomic E-state index is 14.2. The van der Waals surface area contributed by atoms with Gasteiger partial charge in [0.05, 0.1) is 31.6 Å². The number of methoxy groups -OCH3 is 2. The van der Waals surface area contributed by atoms with Gasteiger partial charge in [-0.2, -0.15) is 0 Å². The molecule has 3 aromatic carbocycles. The Labute approximate surface area is 249 Å². The summed E-state index contributed by atoms with van der Waals surface area (Å²) in [5, 5.41) is 3.59. The molecule has 1 N–H and O–H groups in total. The number of amides is 1. The summed E-state index contributed by atoms with van der Waals surface area (Å²) < 4.78 is 11.3. The molecule has 0 saturated carbocycles. The molecular weight excluding hydrogens is 526 g/mol. The standard InChI is InChI=1S/C35H41N3O4/c1-21(2)37(22(3)4)26-14-17-28(33(20-26)42-7)35-34-30(36-29-10-8-9-11-31(29)38(35)23(5)39)18-25(19-32(34)40)24-12-15-27(41-6)16-13-24/h8-17,20-22,25,35-36H,18-19H2,1-7H3. The highest BCUT2D eigenvalue weighted by Gasteiger charge is 2.42. The molecule has 220 valence electrons. The fourth-order valence-electron chi connectivity index (χ4n) is 6.62. The predicted molar refractivity (Wildman–Crippen MR) is 169 cm³/mol. The maximum absolute atomic E-state index is 14.2. The van der Waals surface area contributed by atoms with Crippen molar-refractivity contribution in [3.63, 3.8) is 0 Å². The van der Waals surface area contributed by atoms with Crippen LogP contribution in [0.2, 0.25) is 0 Å². The second-order valence-electron chi connectivity index (χ2n) is 11.6. The fourth-order valence-corrected chi connectivity index (χ4v) is 6.62. The third-order valence-electron chi connectivity index (χ3n) is 8.34. The zero-order valence-corrected chi connectivity index (χ0v) is 25.6. The van der Waals surface area contributed by atoms with Crippen molar-refractivity contribution in [1.82, 2.24) is 0 Å². The van der Waals surface area contributed by atoms with Crippen molar-refractivity contribution in [1.29, 1.82) is 0 Å². The van der Waals surface area contributed by atoms with E-state index in [1.54, 1.807) is 26.0 Å². The third-order valence-corrected chi connectivity index (χ3v) is 8.34. The second kappa shape index (κ2) is 11.9. The van der Waals surface area contributed by atoms with Crippen LogP contribution in [0.3, 0.4) is 0 Å². The summed E-state index contributed by atoms with van der Waals surface area (Å²) in [4.78, 5) is 31.8. The van der Waals surface area contributed by atoms with E-state index in [0.29, 0.717) is 24.2 Å². The number of allylic oxidation sites excluding steroid dienone is 1. The number of ketones is 1. The lowest BCUT2D eigenvalue weighted by Gasteiger charge is -2.36. The lowest BCUT2D eigenvalue weighted by molar-refractivity contribution is -0.117. The van der Waals surface area contributed by atoms with Crippen molar-refractivity contribution in [2.24, 2.45) is 0 Å². The van der Waals surface area contributed by atoms with Gasteiger partial charge in [0.15, 0.2) is 5.78 Å². The quantitative estimate of drug-likeness (QED) is 0.324. The molecule has 0 spiro atoms. The summed E-state index contributed by atoms with van der Waals surface area (Å²) in [5.41, 5.74) is 5.88. The van der Waals surface area contributed by atoms with Crippen LogP contribution in [-0.4, -0.2) is 38.0 Å². The van der Waals surface area contributed by atoms with E-state index in [1.807, 2.05) is 60.7 Å². The van der Waals surface area contributed by atoms with Crippen LogP contribution in [0.5, 0.6) is 11.5 Å². The molecule has 0 bridgehead atoms. The summed E-state index contributed by atoms with van der Waals surface area (Å²) in [7, 11) is 3.30. The molecule has 1 aliphatic carbocycles. The number of carbonyl (C=O) groups is 2. The molecule has 3 aromatic rings. The van der Waals surface area contributed by atoms with E-state index in [4.69, 9.17) is 9.47 Å². The predicted octanol–water partition coefficient (Wildman–Crippen LogP) is 7.25. The van der Waals surface area contributed by atoms with Crippen molar-refractivity contribution in [3.8, 4) is 11.5 Å². The number of benzene rings is 3. The van der Waals surface area contributed by atoms with Crippen LogP contribution in [-0.2, 0) is 9.59 Å². The highest BCUT2D eigenvalue weighted by molar-refractivity contribution is 6.06. The zero-order valence-electron chi connectivity index (χ0n) is 25.6. The van der Waals surface area contributed by atoms with Crippen LogP contribution in [0, 0.1) is 0 Å². The number of anilines is 3. The van der Waals surface area contributed by atoms with Crippen LogP contribution in [0.1, 0.15) is 70.5 Å². The van der Waals surface area contributed by atoms with E-state index in [2.05, 4.69) is 44.0 Å². The lowest BCUT2D eigenvalue weighted by Crippen LogP contribution is -2.38. The Balaban J connectivity index is 1.69. The smallest absolute Gasteiger partial charge is 0.224 e. The van der Waals surface area contributed by atoms with E-state index in [-0.39, 0.29) is 29.7 Å². The van der Waals surface area contributed by atoms with Gasteiger partial charge in [0.25, 0.3) is 0 Å². The Hall–Kier alpha value is -4.26. The summed E-state index contributed by atoms with van der Waals surface area (Å²) in [6, 6.07) is 21.7. The molecule has 0 fully saturated rings. The number of para-hydroxylation sites is 2. The first-order chi connectivity index (χ1) is 20.1.